The Bertz CT molecular complexity index is 1200. The molecule has 0 aliphatic carbocycles. The van der Waals surface area contributed by atoms with Gasteiger partial charge in [0.1, 0.15) is 5.75 Å². The van der Waals surface area contributed by atoms with E-state index in [4.69, 9.17) is 16.3 Å². The van der Waals surface area contributed by atoms with Crippen LogP contribution < -0.4 is 4.74 Å². The molecule has 204 valence electrons. The van der Waals surface area contributed by atoms with Crippen molar-refractivity contribution in [1.29, 1.82) is 0 Å². The second kappa shape index (κ2) is 13.9. The first kappa shape index (κ1) is 28.3. The second-order valence-electron chi connectivity index (χ2n) is 10.5. The van der Waals surface area contributed by atoms with Gasteiger partial charge in [-0.2, -0.15) is 0 Å². The van der Waals surface area contributed by atoms with Crippen molar-refractivity contribution < 1.29 is 19.7 Å². The first-order valence-corrected chi connectivity index (χ1v) is 14.1. The summed E-state index contributed by atoms with van der Waals surface area (Å²) in [7, 11) is 1.64. The minimum Gasteiger partial charge on any atom is -0.497 e. The highest BCUT2D eigenvalue weighted by Crippen LogP contribution is 2.35. The maximum Gasteiger partial charge on any atom is 0.303 e. The summed E-state index contributed by atoms with van der Waals surface area (Å²) in [5.74, 6) is 0.746. The molecule has 1 saturated heterocycles. The van der Waals surface area contributed by atoms with E-state index in [1.165, 1.54) is 5.56 Å². The number of likely N-dealkylation sites (tertiary alicyclic amines) is 1. The third-order valence-electron chi connectivity index (χ3n) is 7.94. The minimum atomic E-state index is -0.736. The normalized spacial score (nSPS) is 18.9. The number of carboxylic acid groups (broad SMARTS) is 1. The van der Waals surface area contributed by atoms with Crippen molar-refractivity contribution in [2.45, 2.75) is 57.5 Å². The van der Waals surface area contributed by atoms with Crippen LogP contribution in [-0.4, -0.2) is 52.8 Å². The standard InChI is InChI=1S/C31H39ClN2O4/c1-38-26-10-11-29-28(20-26)27(14-16-33-29)30(35)12-8-23-15-18-34(21-24(23)9-13-31(36)37)17-3-2-5-22-6-4-7-25(32)19-22/h4,6-7,10-11,14,16,19-20,23-24,30,35H,2-3,5,8-9,12-13,15,17-18,21H2,1H3,(H,36,37)/t23-,24-,30-/m1/s1. The first-order valence-electron chi connectivity index (χ1n) is 13.7. The number of aliphatic hydroxyl groups is 1. The number of piperidine rings is 1. The van der Waals surface area contributed by atoms with Gasteiger partial charge in [0.25, 0.3) is 0 Å². The molecule has 3 aromatic rings. The minimum absolute atomic E-state index is 0.196. The molecule has 2 heterocycles. The molecule has 0 spiro atoms. The summed E-state index contributed by atoms with van der Waals surface area (Å²) >= 11 is 6.11. The van der Waals surface area contributed by atoms with Crippen LogP contribution in [0.4, 0.5) is 0 Å². The van der Waals surface area contributed by atoms with Crippen LogP contribution in [0.2, 0.25) is 5.02 Å². The molecule has 38 heavy (non-hydrogen) atoms. The zero-order valence-corrected chi connectivity index (χ0v) is 22.9. The average molecular weight is 539 g/mol. The number of ether oxygens (including phenoxy) is 1. The average Bonchev–Trinajstić information content (AvgIpc) is 2.92. The molecule has 1 fully saturated rings. The molecule has 1 aliphatic rings. The quantitative estimate of drug-likeness (QED) is 0.240. The van der Waals surface area contributed by atoms with E-state index >= 15 is 0 Å². The number of fused-ring (bicyclic) bond motifs is 1. The number of carbonyl (C=O) groups is 1. The van der Waals surface area contributed by atoms with Crippen molar-refractivity contribution in [2.24, 2.45) is 11.8 Å². The van der Waals surface area contributed by atoms with Crippen LogP contribution >= 0.6 is 11.6 Å². The van der Waals surface area contributed by atoms with Gasteiger partial charge in [0.2, 0.25) is 0 Å². The number of aliphatic carboxylic acids is 1. The van der Waals surface area contributed by atoms with E-state index in [-0.39, 0.29) is 6.42 Å². The van der Waals surface area contributed by atoms with Gasteiger partial charge in [-0.3, -0.25) is 9.78 Å². The van der Waals surface area contributed by atoms with Crippen LogP contribution in [0.15, 0.2) is 54.7 Å². The third kappa shape index (κ3) is 7.92. The van der Waals surface area contributed by atoms with Crippen molar-refractivity contribution in [1.82, 2.24) is 9.88 Å². The number of rotatable bonds is 13. The summed E-state index contributed by atoms with van der Waals surface area (Å²) in [6.45, 7) is 2.99. The predicted octanol–water partition coefficient (Wildman–Crippen LogP) is 6.54. The lowest BCUT2D eigenvalue weighted by molar-refractivity contribution is -0.137. The van der Waals surface area contributed by atoms with Crippen LogP contribution in [0.1, 0.15) is 62.2 Å². The van der Waals surface area contributed by atoms with Crippen molar-refractivity contribution in [3.8, 4) is 5.75 Å². The number of hydrogen-bond acceptors (Lipinski definition) is 5. The molecule has 7 heteroatoms. The molecule has 0 unspecified atom stereocenters. The Hall–Kier alpha value is -2.67. The topological polar surface area (TPSA) is 82.9 Å². The fourth-order valence-electron chi connectivity index (χ4n) is 5.82. The fraction of sp³-hybridized carbons (Fsp3) is 0.484. The Kier molecular flexibility index (Phi) is 10.4. The van der Waals surface area contributed by atoms with E-state index in [1.54, 1.807) is 13.3 Å². The lowest BCUT2D eigenvalue weighted by atomic mass is 9.79. The van der Waals surface area contributed by atoms with E-state index in [1.807, 2.05) is 42.5 Å². The number of carboxylic acids is 1. The predicted molar refractivity (Wildman–Crippen MR) is 152 cm³/mol. The van der Waals surface area contributed by atoms with Crippen molar-refractivity contribution in [3.63, 3.8) is 0 Å². The van der Waals surface area contributed by atoms with Gasteiger partial charge in [-0.1, -0.05) is 23.7 Å². The highest BCUT2D eigenvalue weighted by Gasteiger charge is 2.30. The van der Waals surface area contributed by atoms with Crippen LogP contribution in [0.5, 0.6) is 5.75 Å². The number of aromatic nitrogens is 1. The Morgan fingerprint density at radius 1 is 1.16 bits per heavy atom. The molecule has 1 aliphatic heterocycles. The highest BCUT2D eigenvalue weighted by molar-refractivity contribution is 6.30. The number of aryl methyl sites for hydroxylation is 1. The van der Waals surface area contributed by atoms with E-state index in [0.717, 1.165) is 79.0 Å². The Morgan fingerprint density at radius 3 is 2.82 bits per heavy atom. The maximum absolute atomic E-state index is 11.3. The largest absolute Gasteiger partial charge is 0.497 e. The summed E-state index contributed by atoms with van der Waals surface area (Å²) in [6.07, 6.45) is 7.82. The number of unbranched alkanes of at least 4 members (excludes halogenated alkanes) is 1. The van der Waals surface area contributed by atoms with Gasteiger partial charge in [-0.25, -0.2) is 0 Å². The molecule has 0 saturated carbocycles. The van der Waals surface area contributed by atoms with Gasteiger partial charge in [0, 0.05) is 29.6 Å². The first-order chi connectivity index (χ1) is 18.4. The third-order valence-corrected chi connectivity index (χ3v) is 8.17. The number of methoxy groups -OCH3 is 1. The molecular formula is C31H39ClN2O4. The van der Waals surface area contributed by atoms with Crippen molar-refractivity contribution in [3.05, 3.63) is 70.9 Å². The number of nitrogens with zero attached hydrogens (tertiary/aromatic N) is 2. The van der Waals surface area contributed by atoms with Gasteiger partial charge in [-0.05, 0) is 117 Å². The molecule has 0 radical (unpaired) electrons. The summed E-state index contributed by atoms with van der Waals surface area (Å²) < 4.78 is 5.38. The molecule has 4 rings (SSSR count). The molecule has 0 bridgehead atoms. The number of hydrogen-bond donors (Lipinski definition) is 2. The zero-order valence-electron chi connectivity index (χ0n) is 22.2. The molecule has 2 N–H and O–H groups in total. The Balaban J connectivity index is 1.32. The smallest absolute Gasteiger partial charge is 0.303 e. The van der Waals surface area contributed by atoms with Crippen LogP contribution in [0.3, 0.4) is 0 Å². The van der Waals surface area contributed by atoms with Crippen molar-refractivity contribution >= 4 is 28.5 Å². The monoisotopic (exact) mass is 538 g/mol. The molecule has 2 aromatic carbocycles. The fourth-order valence-corrected chi connectivity index (χ4v) is 6.04. The van der Waals surface area contributed by atoms with E-state index in [9.17, 15) is 15.0 Å². The zero-order chi connectivity index (χ0) is 26.9. The number of benzene rings is 2. The molecule has 0 amide bonds. The summed E-state index contributed by atoms with van der Waals surface area (Å²) in [6, 6.07) is 15.7. The van der Waals surface area contributed by atoms with E-state index in [2.05, 4.69) is 16.0 Å². The lowest BCUT2D eigenvalue weighted by Crippen LogP contribution is -2.41. The second-order valence-corrected chi connectivity index (χ2v) is 10.9. The maximum atomic E-state index is 11.3. The molecule has 3 atom stereocenters. The Morgan fingerprint density at radius 2 is 2.03 bits per heavy atom. The molecule has 1 aromatic heterocycles. The van der Waals surface area contributed by atoms with Crippen LogP contribution in [0, 0.1) is 11.8 Å². The number of pyridine rings is 1. The summed E-state index contributed by atoms with van der Waals surface area (Å²) in [4.78, 5) is 18.3. The summed E-state index contributed by atoms with van der Waals surface area (Å²) in [5, 5.41) is 22.2. The van der Waals surface area contributed by atoms with Gasteiger partial charge in [0.15, 0.2) is 0 Å². The van der Waals surface area contributed by atoms with Crippen LogP contribution in [0.25, 0.3) is 10.9 Å². The van der Waals surface area contributed by atoms with Gasteiger partial charge in [0.05, 0.1) is 18.7 Å². The molecule has 6 nitrogen and oxygen atoms in total. The van der Waals surface area contributed by atoms with Gasteiger partial charge >= 0.3 is 5.97 Å². The SMILES string of the molecule is COc1ccc2nccc([C@H](O)CC[C@@H]3CCN(CCCCc4cccc(Cl)c4)C[C@H]3CCC(=O)O)c2c1. The number of aliphatic hydroxyl groups excluding tert-OH is 1. The summed E-state index contributed by atoms with van der Waals surface area (Å²) in [5.41, 5.74) is 2.98. The van der Waals surface area contributed by atoms with E-state index in [0.29, 0.717) is 24.7 Å². The lowest BCUT2D eigenvalue weighted by Gasteiger charge is -2.39. The highest BCUT2D eigenvalue weighted by atomic mass is 35.5. The number of halogens is 1. The van der Waals surface area contributed by atoms with Crippen LogP contribution in [-0.2, 0) is 11.2 Å². The Labute approximate surface area is 230 Å². The van der Waals surface area contributed by atoms with Gasteiger partial charge < -0.3 is 19.8 Å². The van der Waals surface area contributed by atoms with E-state index < -0.39 is 12.1 Å². The van der Waals surface area contributed by atoms with Gasteiger partial charge in [-0.15, -0.1) is 0 Å². The van der Waals surface area contributed by atoms with Crippen molar-refractivity contribution in [2.75, 3.05) is 26.7 Å². The molecular weight excluding hydrogens is 500 g/mol.